The third-order valence-electron chi connectivity index (χ3n) is 7.71. The van der Waals surface area contributed by atoms with Crippen LogP contribution in [0.15, 0.2) is 60.8 Å². The number of esters is 1. The maximum Gasteiger partial charge on any atom is 0.310 e. The number of hydrogen-bond acceptors (Lipinski definition) is 6. The average molecular weight is 531 g/mol. The topological polar surface area (TPSA) is 75.6 Å². The van der Waals surface area contributed by atoms with E-state index >= 15 is 0 Å². The highest BCUT2D eigenvalue weighted by atomic mass is 19.1. The van der Waals surface area contributed by atoms with Crippen molar-refractivity contribution in [3.05, 3.63) is 77.7 Å². The molecule has 1 atom stereocenters. The lowest BCUT2D eigenvalue weighted by molar-refractivity contribution is -0.149. The first-order chi connectivity index (χ1) is 19.0. The Kier molecular flexibility index (Phi) is 8.49. The van der Waals surface area contributed by atoms with Crippen molar-refractivity contribution in [1.82, 2.24) is 14.9 Å². The highest BCUT2D eigenvalue weighted by Gasteiger charge is 2.33. The van der Waals surface area contributed by atoms with Gasteiger partial charge in [-0.3, -0.25) is 9.59 Å². The quantitative estimate of drug-likeness (QED) is 0.393. The van der Waals surface area contributed by atoms with Gasteiger partial charge in [0.2, 0.25) is 0 Å². The van der Waals surface area contributed by atoms with E-state index in [1.54, 1.807) is 30.2 Å². The van der Waals surface area contributed by atoms with Crippen LogP contribution in [0.3, 0.4) is 0 Å². The molecule has 2 aliphatic rings. The molecule has 2 saturated heterocycles. The first-order valence-electron chi connectivity index (χ1n) is 13.9. The molecule has 0 N–H and O–H groups in total. The van der Waals surface area contributed by atoms with Crippen LogP contribution in [-0.4, -0.2) is 59.5 Å². The van der Waals surface area contributed by atoms with Gasteiger partial charge in [-0.1, -0.05) is 30.3 Å². The molecule has 2 aromatic carbocycles. The molecule has 0 radical (unpaired) electrons. The third-order valence-corrected chi connectivity index (χ3v) is 7.71. The molecule has 3 heterocycles. The molecule has 0 unspecified atom stereocenters. The van der Waals surface area contributed by atoms with Gasteiger partial charge in [0, 0.05) is 37.9 Å². The molecular weight excluding hydrogens is 495 g/mol. The van der Waals surface area contributed by atoms with Gasteiger partial charge in [0.25, 0.3) is 5.91 Å². The maximum atomic E-state index is 13.8. The van der Waals surface area contributed by atoms with Gasteiger partial charge < -0.3 is 14.5 Å². The van der Waals surface area contributed by atoms with Crippen molar-refractivity contribution >= 4 is 17.7 Å². The lowest BCUT2D eigenvalue weighted by atomic mass is 9.90. The molecule has 0 bridgehead atoms. The number of likely N-dealkylation sites (tertiary alicyclic amines) is 1. The Bertz CT molecular complexity index is 1280. The van der Waals surface area contributed by atoms with Crippen LogP contribution in [-0.2, 0) is 16.0 Å². The molecule has 1 amide bonds. The van der Waals surface area contributed by atoms with Crippen molar-refractivity contribution in [2.24, 2.45) is 11.8 Å². The summed E-state index contributed by atoms with van der Waals surface area (Å²) in [5.41, 5.74) is 2.47. The first-order valence-corrected chi connectivity index (χ1v) is 13.9. The Morgan fingerprint density at radius 2 is 1.74 bits per heavy atom. The zero-order valence-corrected chi connectivity index (χ0v) is 22.4. The second-order valence-corrected chi connectivity index (χ2v) is 10.4. The van der Waals surface area contributed by atoms with E-state index in [2.05, 4.69) is 34.1 Å². The third kappa shape index (κ3) is 6.44. The SMILES string of the molecule is CCOC(=O)[C@@H]1CCCN(C(=O)c2cnc(-c3ccc(F)cc3)nc2N2CCC(Cc3ccccc3)CC2)C1. The largest absolute Gasteiger partial charge is 0.466 e. The number of hydrogen-bond donors (Lipinski definition) is 0. The summed E-state index contributed by atoms with van der Waals surface area (Å²) in [5.74, 6) is 0.553. The number of piperidine rings is 2. The van der Waals surface area contributed by atoms with Crippen LogP contribution in [0.5, 0.6) is 0 Å². The van der Waals surface area contributed by atoms with Crippen LogP contribution in [0.25, 0.3) is 11.4 Å². The number of anilines is 1. The lowest BCUT2D eigenvalue weighted by Gasteiger charge is -2.35. The van der Waals surface area contributed by atoms with Crippen LogP contribution >= 0.6 is 0 Å². The maximum absolute atomic E-state index is 13.8. The van der Waals surface area contributed by atoms with E-state index in [0.29, 0.717) is 54.8 Å². The molecule has 0 spiro atoms. The number of aromatic nitrogens is 2. The fourth-order valence-corrected chi connectivity index (χ4v) is 5.58. The highest BCUT2D eigenvalue weighted by molar-refractivity contribution is 5.99. The fraction of sp³-hybridized carbons (Fsp3) is 0.419. The van der Waals surface area contributed by atoms with E-state index in [0.717, 1.165) is 38.8 Å². The number of benzene rings is 2. The summed E-state index contributed by atoms with van der Waals surface area (Å²) < 4.78 is 18.8. The number of nitrogens with zero attached hydrogens (tertiary/aromatic N) is 4. The molecule has 2 aliphatic heterocycles. The minimum Gasteiger partial charge on any atom is -0.466 e. The van der Waals surface area contributed by atoms with Crippen LogP contribution in [0.1, 0.15) is 48.5 Å². The Labute approximate surface area is 229 Å². The number of carbonyl (C=O) groups is 2. The smallest absolute Gasteiger partial charge is 0.310 e. The normalized spacial score (nSPS) is 18.2. The Balaban J connectivity index is 1.38. The molecular formula is C31H35FN4O3. The van der Waals surface area contributed by atoms with Gasteiger partial charge >= 0.3 is 5.97 Å². The Morgan fingerprint density at radius 1 is 1.00 bits per heavy atom. The molecule has 0 saturated carbocycles. The molecule has 5 rings (SSSR count). The van der Waals surface area contributed by atoms with E-state index < -0.39 is 0 Å². The zero-order chi connectivity index (χ0) is 27.2. The van der Waals surface area contributed by atoms with Crippen LogP contribution in [0, 0.1) is 17.7 Å². The van der Waals surface area contributed by atoms with Gasteiger partial charge in [-0.25, -0.2) is 14.4 Å². The van der Waals surface area contributed by atoms with Crippen molar-refractivity contribution < 1.29 is 18.7 Å². The molecule has 0 aliphatic carbocycles. The molecule has 204 valence electrons. The Hall–Kier alpha value is -3.81. The standard InChI is InChI=1S/C31H35FN4O3/c1-2-39-31(38)25-9-6-16-36(21-25)30(37)27-20-33-28(24-10-12-26(32)13-11-24)34-29(27)35-17-14-23(15-18-35)19-22-7-4-3-5-8-22/h3-5,7-8,10-13,20,23,25H,2,6,9,14-19,21H2,1H3/t25-/m1/s1. The fourth-order valence-electron chi connectivity index (χ4n) is 5.58. The number of amides is 1. The van der Waals surface area contributed by atoms with Gasteiger partial charge in [-0.15, -0.1) is 0 Å². The van der Waals surface area contributed by atoms with Gasteiger partial charge in [0.15, 0.2) is 5.82 Å². The van der Waals surface area contributed by atoms with Crippen molar-refractivity contribution in [2.75, 3.05) is 37.7 Å². The van der Waals surface area contributed by atoms with E-state index in [1.807, 2.05) is 6.07 Å². The van der Waals surface area contributed by atoms with E-state index in [4.69, 9.17) is 9.72 Å². The molecule has 3 aromatic rings. The number of carbonyl (C=O) groups excluding carboxylic acids is 2. The molecule has 8 heteroatoms. The van der Waals surface area contributed by atoms with Crippen molar-refractivity contribution in [3.8, 4) is 11.4 Å². The van der Waals surface area contributed by atoms with E-state index in [1.165, 1.54) is 17.7 Å². The molecule has 2 fully saturated rings. The van der Waals surface area contributed by atoms with Crippen LogP contribution < -0.4 is 4.90 Å². The number of halogens is 1. The highest BCUT2D eigenvalue weighted by Crippen LogP contribution is 2.30. The molecule has 39 heavy (non-hydrogen) atoms. The van der Waals surface area contributed by atoms with E-state index in [-0.39, 0.29) is 23.6 Å². The summed E-state index contributed by atoms with van der Waals surface area (Å²) in [6.45, 7) is 4.58. The first kappa shape index (κ1) is 26.8. The van der Waals surface area contributed by atoms with Gasteiger partial charge in [0.05, 0.1) is 12.5 Å². The molecule has 7 nitrogen and oxygen atoms in total. The van der Waals surface area contributed by atoms with Gasteiger partial charge in [-0.2, -0.15) is 0 Å². The lowest BCUT2D eigenvalue weighted by Crippen LogP contribution is -2.44. The summed E-state index contributed by atoms with van der Waals surface area (Å²) in [5, 5.41) is 0. The van der Waals surface area contributed by atoms with Gasteiger partial charge in [-0.05, 0) is 74.8 Å². The Morgan fingerprint density at radius 3 is 2.46 bits per heavy atom. The average Bonchev–Trinajstić information content (AvgIpc) is 2.98. The minimum atomic E-state index is -0.326. The summed E-state index contributed by atoms with van der Waals surface area (Å²) in [4.78, 5) is 39.5. The summed E-state index contributed by atoms with van der Waals surface area (Å²) >= 11 is 0. The van der Waals surface area contributed by atoms with Crippen LogP contribution in [0.4, 0.5) is 10.2 Å². The van der Waals surface area contributed by atoms with Crippen molar-refractivity contribution in [1.29, 1.82) is 0 Å². The van der Waals surface area contributed by atoms with Gasteiger partial charge in [0.1, 0.15) is 17.2 Å². The summed E-state index contributed by atoms with van der Waals surface area (Å²) in [7, 11) is 0. The summed E-state index contributed by atoms with van der Waals surface area (Å²) in [6.07, 6.45) is 6.07. The number of ether oxygens (including phenoxy) is 1. The summed E-state index contributed by atoms with van der Waals surface area (Å²) in [6, 6.07) is 16.6. The molecule has 1 aromatic heterocycles. The van der Waals surface area contributed by atoms with Crippen molar-refractivity contribution in [3.63, 3.8) is 0 Å². The van der Waals surface area contributed by atoms with Crippen LogP contribution in [0.2, 0.25) is 0 Å². The predicted octanol–water partition coefficient (Wildman–Crippen LogP) is 5.16. The second kappa shape index (κ2) is 12.4. The number of rotatable bonds is 7. The van der Waals surface area contributed by atoms with E-state index in [9.17, 15) is 14.0 Å². The minimum absolute atomic E-state index is 0.170. The monoisotopic (exact) mass is 530 g/mol. The predicted molar refractivity (Wildman–Crippen MR) is 148 cm³/mol. The second-order valence-electron chi connectivity index (χ2n) is 10.4. The van der Waals surface area contributed by atoms with Crippen molar-refractivity contribution in [2.45, 2.75) is 39.0 Å². The zero-order valence-electron chi connectivity index (χ0n) is 22.4.